The minimum atomic E-state index is -5.35. The van der Waals surface area contributed by atoms with Gasteiger partial charge in [-0.1, -0.05) is 0 Å². The van der Waals surface area contributed by atoms with Crippen LogP contribution < -0.4 is 10.2 Å². The van der Waals surface area contributed by atoms with Crippen molar-refractivity contribution in [2.75, 3.05) is 7.11 Å². The monoisotopic (exact) mass is 319 g/mol. The van der Waals surface area contributed by atoms with E-state index in [2.05, 4.69) is 9.47 Å². The summed E-state index contributed by atoms with van der Waals surface area (Å²) in [6, 6.07) is 0.0293. The number of nitrogens with one attached hydrogen (secondary N) is 1. The number of carbonyl (C=O) groups excluding carboxylic acids is 1. The van der Waals surface area contributed by atoms with Crippen LogP contribution in [-0.4, -0.2) is 24.4 Å². The van der Waals surface area contributed by atoms with Gasteiger partial charge in [0, 0.05) is 6.07 Å². The Morgan fingerprint density at radius 1 is 1.24 bits per heavy atom. The first-order valence-electron chi connectivity index (χ1n) is 5.10. The normalized spacial score (nSPS) is 12.1. The van der Waals surface area contributed by atoms with Crippen LogP contribution in [0.4, 0.5) is 26.3 Å². The van der Waals surface area contributed by atoms with Gasteiger partial charge in [0.05, 0.1) is 19.1 Å². The molecule has 0 bridgehead atoms. The van der Waals surface area contributed by atoms with E-state index in [4.69, 9.17) is 0 Å². The lowest BCUT2D eigenvalue weighted by Crippen LogP contribution is -2.26. The number of aromatic nitrogens is 1. The maximum atomic E-state index is 12.4. The maximum Gasteiger partial charge on any atom is 0.574 e. The quantitative estimate of drug-likeness (QED) is 0.683. The average molecular weight is 319 g/mol. The molecule has 21 heavy (non-hydrogen) atoms. The predicted molar refractivity (Wildman–Crippen MR) is 54.5 cm³/mol. The van der Waals surface area contributed by atoms with Crippen molar-refractivity contribution in [1.29, 1.82) is 0 Å². The molecule has 11 heteroatoms. The Bertz CT molecular complexity index is 589. The van der Waals surface area contributed by atoms with Gasteiger partial charge in [0.25, 0.3) is 0 Å². The third-order valence-electron chi connectivity index (χ3n) is 2.17. The van der Waals surface area contributed by atoms with Crippen LogP contribution in [0.3, 0.4) is 0 Å². The molecule has 0 amide bonds. The molecule has 1 rings (SSSR count). The Kier molecular flexibility index (Phi) is 4.54. The fraction of sp³-hybridized carbons (Fsp3) is 0.400. The van der Waals surface area contributed by atoms with Crippen LogP contribution in [0.2, 0.25) is 0 Å². The molecular weight excluding hydrogens is 312 g/mol. The van der Waals surface area contributed by atoms with Crippen LogP contribution in [0.15, 0.2) is 10.9 Å². The zero-order valence-corrected chi connectivity index (χ0v) is 10.2. The number of pyridine rings is 1. The van der Waals surface area contributed by atoms with Crippen molar-refractivity contribution in [2.24, 2.45) is 0 Å². The molecule has 0 saturated carbocycles. The fourth-order valence-corrected chi connectivity index (χ4v) is 1.30. The third-order valence-corrected chi connectivity index (χ3v) is 2.17. The zero-order valence-electron chi connectivity index (χ0n) is 10.2. The second-order valence-corrected chi connectivity index (χ2v) is 3.65. The second kappa shape index (κ2) is 5.66. The number of alkyl halides is 6. The molecule has 0 aliphatic heterocycles. The number of methoxy groups -OCH3 is 1. The molecule has 0 aromatic carbocycles. The Balaban J connectivity index is 3.41. The van der Waals surface area contributed by atoms with E-state index in [-0.39, 0.29) is 6.07 Å². The van der Waals surface area contributed by atoms with Crippen molar-refractivity contribution >= 4 is 5.97 Å². The standard InChI is InChI=1S/C10H7F6NO4/c1-20-7(19)2-4-5(18)3-6(9(11,12)13)17-8(4)21-10(14,15)16/h3H,2H2,1H3,(H,17,18). The first-order chi connectivity index (χ1) is 9.44. The second-order valence-electron chi connectivity index (χ2n) is 3.65. The highest BCUT2D eigenvalue weighted by atomic mass is 19.4. The molecule has 1 heterocycles. The summed E-state index contributed by atoms with van der Waals surface area (Å²) in [7, 11) is 0.894. The third kappa shape index (κ3) is 4.68. The Labute approximate surface area is 112 Å². The summed E-state index contributed by atoms with van der Waals surface area (Å²) >= 11 is 0. The molecule has 0 radical (unpaired) electrons. The van der Waals surface area contributed by atoms with Gasteiger partial charge in [-0.2, -0.15) is 13.2 Å². The molecule has 1 aromatic heterocycles. The van der Waals surface area contributed by atoms with E-state index in [1.807, 2.05) is 0 Å². The van der Waals surface area contributed by atoms with E-state index < -0.39 is 47.5 Å². The number of carbonyl (C=O) groups is 1. The van der Waals surface area contributed by atoms with Crippen molar-refractivity contribution in [3.8, 4) is 5.88 Å². The zero-order chi connectivity index (χ0) is 16.4. The topological polar surface area (TPSA) is 68.4 Å². The first-order valence-corrected chi connectivity index (χ1v) is 5.10. The van der Waals surface area contributed by atoms with Crippen molar-refractivity contribution in [3.05, 3.63) is 27.5 Å². The van der Waals surface area contributed by atoms with Crippen molar-refractivity contribution in [3.63, 3.8) is 0 Å². The van der Waals surface area contributed by atoms with Crippen LogP contribution in [-0.2, 0) is 22.1 Å². The molecule has 0 atom stereocenters. The van der Waals surface area contributed by atoms with E-state index in [1.165, 1.54) is 4.98 Å². The molecular formula is C10H7F6NO4. The van der Waals surface area contributed by atoms with Gasteiger partial charge >= 0.3 is 18.5 Å². The summed E-state index contributed by atoms with van der Waals surface area (Å²) in [6.07, 6.45) is -11.4. The Hall–Kier alpha value is -2.20. The van der Waals surface area contributed by atoms with E-state index in [0.29, 0.717) is 0 Å². The number of halogens is 6. The smallest absolute Gasteiger partial charge is 0.469 e. The predicted octanol–water partition coefficient (Wildman–Crippen LogP) is 2.01. The fourth-order valence-electron chi connectivity index (χ4n) is 1.30. The molecule has 0 aliphatic carbocycles. The molecule has 0 spiro atoms. The first kappa shape index (κ1) is 16.9. The van der Waals surface area contributed by atoms with Gasteiger partial charge in [0.15, 0.2) is 5.43 Å². The van der Waals surface area contributed by atoms with Gasteiger partial charge < -0.3 is 14.5 Å². The SMILES string of the molecule is COC(=O)Cc1c(OC(F)(F)F)[nH]c(C(F)(F)F)cc1=O. The summed E-state index contributed by atoms with van der Waals surface area (Å²) in [5.41, 5.74) is -4.10. The van der Waals surface area contributed by atoms with Gasteiger partial charge in [-0.05, 0) is 0 Å². The van der Waals surface area contributed by atoms with Gasteiger partial charge in [0.1, 0.15) is 5.69 Å². The number of rotatable bonds is 3. The van der Waals surface area contributed by atoms with E-state index in [1.54, 1.807) is 0 Å². The number of esters is 1. The van der Waals surface area contributed by atoms with Crippen molar-refractivity contribution in [1.82, 2.24) is 4.98 Å². The minimum absolute atomic E-state index is 0.0293. The highest BCUT2D eigenvalue weighted by Crippen LogP contribution is 2.30. The van der Waals surface area contributed by atoms with Crippen LogP contribution >= 0.6 is 0 Å². The van der Waals surface area contributed by atoms with Gasteiger partial charge in [0.2, 0.25) is 5.88 Å². The molecule has 0 unspecified atom stereocenters. The highest BCUT2D eigenvalue weighted by molar-refractivity contribution is 5.73. The van der Waals surface area contributed by atoms with Gasteiger partial charge in [-0.25, -0.2) is 0 Å². The summed E-state index contributed by atoms with van der Waals surface area (Å²) < 4.78 is 81.3. The molecule has 5 nitrogen and oxygen atoms in total. The van der Waals surface area contributed by atoms with Crippen LogP contribution in [0.25, 0.3) is 0 Å². The summed E-state index contributed by atoms with van der Waals surface area (Å²) in [5.74, 6) is -2.62. The van der Waals surface area contributed by atoms with Crippen LogP contribution in [0, 0.1) is 0 Å². The number of hydrogen-bond donors (Lipinski definition) is 1. The van der Waals surface area contributed by atoms with Crippen LogP contribution in [0.1, 0.15) is 11.3 Å². The molecule has 1 aromatic rings. The molecule has 0 fully saturated rings. The lowest BCUT2D eigenvalue weighted by molar-refractivity contribution is -0.276. The molecule has 118 valence electrons. The average Bonchev–Trinajstić information content (AvgIpc) is 2.29. The lowest BCUT2D eigenvalue weighted by atomic mass is 10.1. The van der Waals surface area contributed by atoms with E-state index in [0.717, 1.165) is 7.11 Å². The van der Waals surface area contributed by atoms with Crippen LogP contribution in [0.5, 0.6) is 5.88 Å². The summed E-state index contributed by atoms with van der Waals surface area (Å²) in [4.78, 5) is 23.8. The summed E-state index contributed by atoms with van der Waals surface area (Å²) in [6.45, 7) is 0. The number of aromatic amines is 1. The molecule has 0 saturated heterocycles. The molecule has 0 aliphatic rings. The molecule has 1 N–H and O–H groups in total. The van der Waals surface area contributed by atoms with Gasteiger partial charge in [-0.15, -0.1) is 13.2 Å². The summed E-state index contributed by atoms with van der Waals surface area (Å²) in [5, 5.41) is 0. The Morgan fingerprint density at radius 3 is 2.24 bits per heavy atom. The van der Waals surface area contributed by atoms with Crippen molar-refractivity contribution < 1.29 is 40.6 Å². The number of ether oxygens (including phenoxy) is 2. The number of H-pyrrole nitrogens is 1. The van der Waals surface area contributed by atoms with Gasteiger partial charge in [-0.3, -0.25) is 9.59 Å². The van der Waals surface area contributed by atoms with Crippen molar-refractivity contribution in [2.45, 2.75) is 19.0 Å². The van der Waals surface area contributed by atoms with E-state index >= 15 is 0 Å². The lowest BCUT2D eigenvalue weighted by Gasteiger charge is -2.15. The maximum absolute atomic E-state index is 12.4. The minimum Gasteiger partial charge on any atom is -0.469 e. The van der Waals surface area contributed by atoms with E-state index in [9.17, 15) is 35.9 Å². The highest BCUT2D eigenvalue weighted by Gasteiger charge is 2.37. The number of hydrogen-bond acceptors (Lipinski definition) is 4. The largest absolute Gasteiger partial charge is 0.574 e. The Morgan fingerprint density at radius 2 is 1.81 bits per heavy atom.